The Bertz CT molecular complexity index is 1230. The van der Waals surface area contributed by atoms with E-state index < -0.39 is 29.2 Å². The number of aromatic nitrogens is 3. The number of hydrogen-bond acceptors (Lipinski definition) is 6. The molecule has 0 radical (unpaired) electrons. The molecule has 35 heavy (non-hydrogen) atoms. The van der Waals surface area contributed by atoms with Crippen molar-refractivity contribution < 1.29 is 23.1 Å². The molecule has 2 aromatic heterocycles. The van der Waals surface area contributed by atoms with E-state index >= 15 is 0 Å². The molecule has 6 nitrogen and oxygen atoms in total. The molecule has 1 aliphatic carbocycles. The van der Waals surface area contributed by atoms with Crippen LogP contribution in [0, 0.1) is 11.8 Å². The van der Waals surface area contributed by atoms with Crippen molar-refractivity contribution in [3.8, 4) is 0 Å². The number of aliphatic hydroxyl groups is 1. The monoisotopic (exact) mass is 506 g/mol. The Kier molecular flexibility index (Phi) is 6.89. The largest absolute Gasteiger partial charge is 0.451 e. The van der Waals surface area contributed by atoms with Crippen molar-refractivity contribution in [3.05, 3.63) is 46.5 Å². The average Bonchev–Trinajstić information content (AvgIpc) is 3.20. The number of amides is 1. The summed E-state index contributed by atoms with van der Waals surface area (Å²) in [7, 11) is 0. The van der Waals surface area contributed by atoms with Crippen molar-refractivity contribution in [2.75, 3.05) is 5.32 Å². The molecule has 0 bridgehead atoms. The minimum absolute atomic E-state index is 0.306. The van der Waals surface area contributed by atoms with Crippen LogP contribution in [0.5, 0.6) is 0 Å². The van der Waals surface area contributed by atoms with Crippen LogP contribution in [-0.2, 0) is 11.8 Å². The first kappa shape index (κ1) is 25.5. The molecular weight excluding hydrogens is 477 g/mol. The molecule has 2 heterocycles. The number of nitrogens with zero attached hydrogens (tertiary/aromatic N) is 3. The van der Waals surface area contributed by atoms with E-state index in [-0.39, 0.29) is 0 Å². The first-order valence-corrected chi connectivity index (χ1v) is 12.5. The van der Waals surface area contributed by atoms with Crippen LogP contribution >= 0.6 is 11.3 Å². The standard InChI is InChI=1S/C25H29F3N4O2S/c1-13(2)14-5-7-15(8-6-14)22-31-19-11-16(24(3,4)34)18(12-20(19)35-22)30-21(33)17-9-10-29-23(32-17)25(26,27)28/h9-15,34H,5-8H2,1-4H3,(H,30,33). The van der Waals surface area contributed by atoms with Crippen LogP contribution in [0.1, 0.15) is 86.2 Å². The lowest BCUT2D eigenvalue weighted by molar-refractivity contribution is -0.145. The summed E-state index contributed by atoms with van der Waals surface area (Å²) in [6.45, 7) is 7.69. The molecule has 0 spiro atoms. The number of hydrogen-bond donors (Lipinski definition) is 2. The quantitative estimate of drug-likeness (QED) is 0.412. The second kappa shape index (κ2) is 9.46. The third kappa shape index (κ3) is 5.64. The second-order valence-electron chi connectivity index (χ2n) is 10.0. The van der Waals surface area contributed by atoms with E-state index in [0.29, 0.717) is 23.1 Å². The number of benzene rings is 1. The first-order valence-electron chi connectivity index (χ1n) is 11.7. The van der Waals surface area contributed by atoms with Crippen molar-refractivity contribution in [3.63, 3.8) is 0 Å². The SMILES string of the molecule is CC(C)C1CCC(c2nc3cc(C(C)(C)O)c(NC(=O)c4ccnc(C(F)(F)F)n4)cc3s2)CC1. The van der Waals surface area contributed by atoms with Gasteiger partial charge in [0.2, 0.25) is 5.82 Å². The molecule has 0 atom stereocenters. The Morgan fingerprint density at radius 2 is 1.83 bits per heavy atom. The van der Waals surface area contributed by atoms with E-state index in [0.717, 1.165) is 46.2 Å². The van der Waals surface area contributed by atoms with Gasteiger partial charge in [0.15, 0.2) is 0 Å². The van der Waals surface area contributed by atoms with Crippen LogP contribution in [0.3, 0.4) is 0 Å². The summed E-state index contributed by atoms with van der Waals surface area (Å²) in [6, 6.07) is 4.59. The molecule has 0 unspecified atom stereocenters. The van der Waals surface area contributed by atoms with Gasteiger partial charge >= 0.3 is 6.18 Å². The summed E-state index contributed by atoms with van der Waals surface area (Å²) in [6.07, 6.45) is 0.648. The third-order valence-corrected chi connectivity index (χ3v) is 7.84. The maximum atomic E-state index is 13.0. The van der Waals surface area contributed by atoms with Gasteiger partial charge in [-0.3, -0.25) is 4.79 Å². The second-order valence-corrected chi connectivity index (χ2v) is 11.1. The van der Waals surface area contributed by atoms with Gasteiger partial charge in [0.25, 0.3) is 5.91 Å². The van der Waals surface area contributed by atoms with E-state index in [1.54, 1.807) is 37.3 Å². The summed E-state index contributed by atoms with van der Waals surface area (Å²) in [5.41, 5.74) is -0.281. The van der Waals surface area contributed by atoms with Gasteiger partial charge in [-0.15, -0.1) is 11.3 Å². The van der Waals surface area contributed by atoms with Crippen LogP contribution in [0.4, 0.5) is 18.9 Å². The highest BCUT2D eigenvalue weighted by molar-refractivity contribution is 7.18. The number of carbonyl (C=O) groups is 1. The molecule has 1 amide bonds. The molecule has 188 valence electrons. The number of anilines is 1. The summed E-state index contributed by atoms with van der Waals surface area (Å²) >= 11 is 1.56. The summed E-state index contributed by atoms with van der Waals surface area (Å²) in [5.74, 6) is -0.409. The van der Waals surface area contributed by atoms with Gasteiger partial charge in [-0.1, -0.05) is 13.8 Å². The zero-order valence-electron chi connectivity index (χ0n) is 20.1. The molecule has 4 rings (SSSR count). The lowest BCUT2D eigenvalue weighted by Crippen LogP contribution is -2.22. The summed E-state index contributed by atoms with van der Waals surface area (Å²) in [4.78, 5) is 24.2. The van der Waals surface area contributed by atoms with Crippen LogP contribution in [-0.4, -0.2) is 26.0 Å². The Morgan fingerprint density at radius 3 is 2.43 bits per heavy atom. The fourth-order valence-electron chi connectivity index (χ4n) is 4.62. The van der Waals surface area contributed by atoms with Crippen LogP contribution < -0.4 is 5.32 Å². The van der Waals surface area contributed by atoms with Gasteiger partial charge in [-0.05, 0) is 69.6 Å². The third-order valence-electron chi connectivity index (χ3n) is 6.66. The molecule has 1 aliphatic rings. The molecule has 1 aromatic carbocycles. The Hall–Kier alpha value is -2.59. The zero-order chi connectivity index (χ0) is 25.5. The van der Waals surface area contributed by atoms with Gasteiger partial charge in [0, 0.05) is 23.4 Å². The van der Waals surface area contributed by atoms with Crippen molar-refractivity contribution in [2.24, 2.45) is 11.8 Å². The van der Waals surface area contributed by atoms with Gasteiger partial charge in [0.05, 0.1) is 20.8 Å². The van der Waals surface area contributed by atoms with E-state index in [2.05, 4.69) is 29.1 Å². The number of thiazole rings is 1. The van der Waals surface area contributed by atoms with Crippen molar-refractivity contribution in [2.45, 2.75) is 71.1 Å². The van der Waals surface area contributed by atoms with Gasteiger partial charge in [-0.2, -0.15) is 13.2 Å². The van der Waals surface area contributed by atoms with Crippen LogP contribution in [0.15, 0.2) is 24.4 Å². The number of fused-ring (bicyclic) bond motifs is 1. The molecule has 0 aliphatic heterocycles. The van der Waals surface area contributed by atoms with Crippen molar-refractivity contribution >= 4 is 33.1 Å². The van der Waals surface area contributed by atoms with E-state index in [4.69, 9.17) is 4.98 Å². The van der Waals surface area contributed by atoms with Gasteiger partial charge < -0.3 is 10.4 Å². The molecule has 10 heteroatoms. The predicted octanol–water partition coefficient (Wildman–Crippen LogP) is 6.51. The highest BCUT2D eigenvalue weighted by Gasteiger charge is 2.35. The lowest BCUT2D eigenvalue weighted by Gasteiger charge is -2.29. The van der Waals surface area contributed by atoms with Gasteiger partial charge in [0.1, 0.15) is 5.69 Å². The molecule has 1 fully saturated rings. The van der Waals surface area contributed by atoms with Crippen molar-refractivity contribution in [1.29, 1.82) is 0 Å². The predicted molar refractivity (Wildman–Crippen MR) is 129 cm³/mol. The molecular formula is C25H29F3N4O2S. The number of nitrogens with one attached hydrogen (secondary N) is 1. The summed E-state index contributed by atoms with van der Waals surface area (Å²) in [5, 5.41) is 14.4. The fourth-order valence-corrected chi connectivity index (χ4v) is 5.77. The topological polar surface area (TPSA) is 88.0 Å². The lowest BCUT2D eigenvalue weighted by atomic mass is 9.77. The molecule has 3 aromatic rings. The smallest absolute Gasteiger partial charge is 0.386 e. The van der Waals surface area contributed by atoms with Crippen LogP contribution in [0.25, 0.3) is 10.2 Å². The zero-order valence-corrected chi connectivity index (χ0v) is 20.9. The number of carbonyl (C=O) groups excluding carboxylic acids is 1. The normalized spacial score (nSPS) is 19.3. The van der Waals surface area contributed by atoms with Gasteiger partial charge in [-0.25, -0.2) is 15.0 Å². The Balaban J connectivity index is 1.64. The fraction of sp³-hybridized carbons (Fsp3) is 0.520. The Morgan fingerprint density at radius 1 is 1.14 bits per heavy atom. The minimum atomic E-state index is -4.76. The van der Waals surface area contributed by atoms with E-state index in [1.165, 1.54) is 12.8 Å². The van der Waals surface area contributed by atoms with Crippen molar-refractivity contribution in [1.82, 2.24) is 15.0 Å². The Labute approximate surface area is 206 Å². The summed E-state index contributed by atoms with van der Waals surface area (Å²) < 4.78 is 39.8. The average molecular weight is 507 g/mol. The van der Waals surface area contributed by atoms with E-state index in [1.807, 2.05) is 0 Å². The number of halogens is 3. The number of rotatable bonds is 5. The maximum absolute atomic E-state index is 13.0. The van der Waals surface area contributed by atoms with E-state index in [9.17, 15) is 23.1 Å². The molecule has 1 saturated carbocycles. The minimum Gasteiger partial charge on any atom is -0.386 e. The highest BCUT2D eigenvalue weighted by atomic mass is 32.1. The first-order chi connectivity index (χ1) is 16.3. The van der Waals surface area contributed by atoms with Crippen LogP contribution in [0.2, 0.25) is 0 Å². The number of alkyl halides is 3. The molecule has 2 N–H and O–H groups in total. The highest BCUT2D eigenvalue weighted by Crippen LogP contribution is 2.42. The molecule has 0 saturated heterocycles. The maximum Gasteiger partial charge on any atom is 0.451 e.